The third-order valence-electron chi connectivity index (χ3n) is 6.25. The van der Waals surface area contributed by atoms with Gasteiger partial charge in [-0.1, -0.05) is 6.07 Å². The molecule has 0 spiro atoms. The molecule has 0 aliphatic carbocycles. The van der Waals surface area contributed by atoms with E-state index in [1.807, 2.05) is 48.2 Å². The van der Waals surface area contributed by atoms with Crippen LogP contribution >= 0.6 is 0 Å². The number of hydrogen-bond acceptors (Lipinski definition) is 6. The van der Waals surface area contributed by atoms with Gasteiger partial charge in [-0.2, -0.15) is 0 Å². The van der Waals surface area contributed by atoms with Crippen LogP contribution in [0.2, 0.25) is 0 Å². The Labute approximate surface area is 198 Å². The Morgan fingerprint density at radius 3 is 2.68 bits per heavy atom. The third-order valence-corrected chi connectivity index (χ3v) is 6.25. The second-order valence-electron chi connectivity index (χ2n) is 8.24. The van der Waals surface area contributed by atoms with Crippen molar-refractivity contribution in [3.8, 4) is 5.75 Å². The summed E-state index contributed by atoms with van der Waals surface area (Å²) in [6, 6.07) is 11.2. The number of fused-ring (bicyclic) bond motifs is 3. The topological polar surface area (TPSA) is 90.9 Å². The van der Waals surface area contributed by atoms with E-state index in [-0.39, 0.29) is 11.9 Å². The number of benzene rings is 1. The molecule has 0 saturated carbocycles. The summed E-state index contributed by atoms with van der Waals surface area (Å²) in [5, 5.41) is 2.85. The zero-order valence-electron chi connectivity index (χ0n) is 19.4. The summed E-state index contributed by atoms with van der Waals surface area (Å²) in [7, 11) is 3.50. The van der Waals surface area contributed by atoms with E-state index >= 15 is 0 Å². The zero-order valence-corrected chi connectivity index (χ0v) is 19.4. The van der Waals surface area contributed by atoms with Gasteiger partial charge >= 0.3 is 6.03 Å². The monoisotopic (exact) mass is 458 g/mol. The van der Waals surface area contributed by atoms with Gasteiger partial charge in [0.15, 0.2) is 5.82 Å². The SMILES string of the molecule is CCN1c2ncc(CCOc3cccc4c3CNC(=O)N4C)cc2C(=O)N(C)c2cccnc21. The molecule has 0 atom stereocenters. The highest BCUT2D eigenvalue weighted by Crippen LogP contribution is 2.37. The van der Waals surface area contributed by atoms with Crippen molar-refractivity contribution in [2.75, 3.05) is 41.9 Å². The average Bonchev–Trinajstić information content (AvgIpc) is 2.95. The lowest BCUT2D eigenvalue weighted by atomic mass is 10.1. The smallest absolute Gasteiger partial charge is 0.321 e. The summed E-state index contributed by atoms with van der Waals surface area (Å²) < 4.78 is 6.08. The highest BCUT2D eigenvalue weighted by atomic mass is 16.5. The maximum absolute atomic E-state index is 13.3. The molecule has 3 aromatic rings. The van der Waals surface area contributed by atoms with Crippen LogP contribution in [0, 0.1) is 0 Å². The Balaban J connectivity index is 1.37. The van der Waals surface area contributed by atoms with Crippen molar-refractivity contribution in [1.29, 1.82) is 0 Å². The molecule has 34 heavy (non-hydrogen) atoms. The lowest BCUT2D eigenvalue weighted by molar-refractivity contribution is 0.0994. The Hall–Kier alpha value is -4.14. The van der Waals surface area contributed by atoms with Gasteiger partial charge in [0, 0.05) is 45.0 Å². The molecular formula is C25H26N6O3. The molecule has 2 aliphatic rings. The van der Waals surface area contributed by atoms with E-state index in [0.29, 0.717) is 43.3 Å². The van der Waals surface area contributed by atoms with Crippen LogP contribution in [0.15, 0.2) is 48.8 Å². The molecule has 0 fully saturated rings. The highest BCUT2D eigenvalue weighted by molar-refractivity contribution is 6.12. The van der Waals surface area contributed by atoms with Crippen molar-refractivity contribution in [1.82, 2.24) is 15.3 Å². The fourth-order valence-corrected chi connectivity index (χ4v) is 4.41. The van der Waals surface area contributed by atoms with Crippen molar-refractivity contribution in [3.63, 3.8) is 0 Å². The predicted molar refractivity (Wildman–Crippen MR) is 130 cm³/mol. The maximum atomic E-state index is 13.3. The van der Waals surface area contributed by atoms with E-state index in [9.17, 15) is 9.59 Å². The van der Waals surface area contributed by atoms with Gasteiger partial charge in [0.05, 0.1) is 30.1 Å². The summed E-state index contributed by atoms with van der Waals surface area (Å²) in [6.45, 7) is 3.49. The normalized spacial score (nSPS) is 14.7. The van der Waals surface area contributed by atoms with E-state index in [1.54, 1.807) is 36.3 Å². The molecule has 3 amide bonds. The number of anilines is 4. The number of aromatic nitrogens is 2. The Bertz CT molecular complexity index is 1280. The molecule has 174 valence electrons. The van der Waals surface area contributed by atoms with Gasteiger partial charge in [-0.05, 0) is 42.8 Å². The number of nitrogens with zero attached hydrogens (tertiary/aromatic N) is 5. The fraction of sp³-hybridized carbons (Fsp3) is 0.280. The van der Waals surface area contributed by atoms with Crippen LogP contribution in [-0.4, -0.2) is 49.2 Å². The van der Waals surface area contributed by atoms with E-state index in [1.165, 1.54) is 0 Å². The number of ether oxygens (including phenoxy) is 1. The maximum Gasteiger partial charge on any atom is 0.321 e. The van der Waals surface area contributed by atoms with Crippen molar-refractivity contribution >= 4 is 34.9 Å². The number of urea groups is 1. The molecule has 2 aromatic heterocycles. The average molecular weight is 459 g/mol. The largest absolute Gasteiger partial charge is 0.493 e. The number of rotatable bonds is 5. The Kier molecular flexibility index (Phi) is 5.53. The Morgan fingerprint density at radius 2 is 1.85 bits per heavy atom. The minimum Gasteiger partial charge on any atom is -0.493 e. The number of carbonyl (C=O) groups is 2. The minimum absolute atomic E-state index is 0.119. The Morgan fingerprint density at radius 1 is 1.03 bits per heavy atom. The molecule has 5 rings (SSSR count). The van der Waals surface area contributed by atoms with Gasteiger partial charge in [0.1, 0.15) is 11.6 Å². The lowest BCUT2D eigenvalue weighted by Gasteiger charge is -2.28. The number of pyridine rings is 2. The van der Waals surface area contributed by atoms with Gasteiger partial charge in [0.2, 0.25) is 0 Å². The predicted octanol–water partition coefficient (Wildman–Crippen LogP) is 3.51. The molecule has 9 nitrogen and oxygen atoms in total. The van der Waals surface area contributed by atoms with E-state index in [4.69, 9.17) is 4.74 Å². The lowest BCUT2D eigenvalue weighted by Crippen LogP contribution is -2.41. The van der Waals surface area contributed by atoms with Crippen LogP contribution in [0.3, 0.4) is 0 Å². The van der Waals surface area contributed by atoms with E-state index in [0.717, 1.165) is 28.3 Å². The minimum atomic E-state index is -0.131. The molecule has 9 heteroatoms. The molecule has 0 unspecified atom stereocenters. The van der Waals surface area contributed by atoms with Crippen LogP contribution < -0.4 is 24.8 Å². The highest BCUT2D eigenvalue weighted by Gasteiger charge is 2.30. The summed E-state index contributed by atoms with van der Waals surface area (Å²) in [4.78, 5) is 39.5. The number of hydrogen-bond donors (Lipinski definition) is 1. The summed E-state index contributed by atoms with van der Waals surface area (Å²) in [5.74, 6) is 1.94. The molecule has 0 bridgehead atoms. The van der Waals surface area contributed by atoms with Crippen LogP contribution in [0.25, 0.3) is 0 Å². The number of amides is 3. The first-order valence-electron chi connectivity index (χ1n) is 11.3. The molecule has 2 aliphatic heterocycles. The molecule has 0 radical (unpaired) electrons. The quantitative estimate of drug-likeness (QED) is 0.629. The fourth-order valence-electron chi connectivity index (χ4n) is 4.41. The summed E-state index contributed by atoms with van der Waals surface area (Å²) in [5.41, 5.74) is 4.00. The molecular weight excluding hydrogens is 432 g/mol. The van der Waals surface area contributed by atoms with Crippen LogP contribution in [0.1, 0.15) is 28.4 Å². The van der Waals surface area contributed by atoms with Crippen molar-refractivity contribution < 1.29 is 14.3 Å². The number of carbonyl (C=O) groups excluding carboxylic acids is 2. The van der Waals surface area contributed by atoms with Crippen LogP contribution in [0.4, 0.5) is 27.8 Å². The standard InChI is InChI=1S/C25H26N6O3/c1-4-31-22-17(24(32)29(2)20-8-6-11-26-23(20)31)13-16(14-27-22)10-12-34-21-9-5-7-19-18(21)15-28-25(33)30(19)3/h5-9,11,13-14H,4,10,12,15H2,1-3H3,(H,28,33). The molecule has 0 saturated heterocycles. The summed E-state index contributed by atoms with van der Waals surface area (Å²) in [6.07, 6.45) is 4.10. The van der Waals surface area contributed by atoms with Crippen molar-refractivity contribution in [2.24, 2.45) is 0 Å². The van der Waals surface area contributed by atoms with Gasteiger partial charge in [-0.25, -0.2) is 14.8 Å². The van der Waals surface area contributed by atoms with Crippen LogP contribution in [-0.2, 0) is 13.0 Å². The number of nitrogens with one attached hydrogen (secondary N) is 1. The second kappa shape index (κ2) is 8.66. The van der Waals surface area contributed by atoms with Crippen molar-refractivity contribution in [3.05, 3.63) is 65.5 Å². The second-order valence-corrected chi connectivity index (χ2v) is 8.24. The van der Waals surface area contributed by atoms with Gasteiger partial charge in [-0.3, -0.25) is 9.69 Å². The first-order valence-corrected chi connectivity index (χ1v) is 11.3. The van der Waals surface area contributed by atoms with Gasteiger partial charge < -0.3 is 19.9 Å². The van der Waals surface area contributed by atoms with E-state index < -0.39 is 0 Å². The first-order chi connectivity index (χ1) is 16.5. The summed E-state index contributed by atoms with van der Waals surface area (Å²) >= 11 is 0. The molecule has 4 heterocycles. The van der Waals surface area contributed by atoms with Gasteiger partial charge in [0.25, 0.3) is 5.91 Å². The third kappa shape index (κ3) is 3.59. The van der Waals surface area contributed by atoms with Crippen LogP contribution in [0.5, 0.6) is 5.75 Å². The molecule has 1 N–H and O–H groups in total. The van der Waals surface area contributed by atoms with E-state index in [2.05, 4.69) is 15.3 Å². The van der Waals surface area contributed by atoms with Gasteiger partial charge in [-0.15, -0.1) is 0 Å². The van der Waals surface area contributed by atoms with Crippen molar-refractivity contribution in [2.45, 2.75) is 19.9 Å². The molecule has 1 aromatic carbocycles. The zero-order chi connectivity index (χ0) is 23.8. The first kappa shape index (κ1) is 21.7.